The zero-order valence-electron chi connectivity index (χ0n) is 10.8. The third-order valence-corrected chi connectivity index (χ3v) is 3.22. The van der Waals surface area contributed by atoms with Crippen LogP contribution >= 0.6 is 11.5 Å². The molecule has 0 aromatic carbocycles. The molecule has 0 unspecified atom stereocenters. The normalized spacial score (nSPS) is 11.6. The molecule has 0 radical (unpaired) electrons. The Morgan fingerprint density at radius 2 is 2.26 bits per heavy atom. The molecule has 0 saturated carbocycles. The summed E-state index contributed by atoms with van der Waals surface area (Å²) in [5.74, 6) is 0.295. The summed E-state index contributed by atoms with van der Waals surface area (Å²) in [5.41, 5.74) is 11.3. The second kappa shape index (κ2) is 5.19. The van der Waals surface area contributed by atoms with Crippen LogP contribution in [-0.2, 0) is 0 Å². The van der Waals surface area contributed by atoms with Crippen LogP contribution in [0.1, 0.15) is 23.9 Å². The minimum Gasteiger partial charge on any atom is -0.389 e. The molecular weight excluding hydrogens is 264 g/mol. The van der Waals surface area contributed by atoms with Crippen molar-refractivity contribution >= 4 is 28.2 Å². The number of nitrogen functional groups attached to an aromatic ring is 1. The number of aromatic nitrogens is 3. The van der Waals surface area contributed by atoms with E-state index in [1.807, 2.05) is 13.8 Å². The van der Waals surface area contributed by atoms with E-state index in [0.29, 0.717) is 22.4 Å². The number of aromatic amines is 1. The van der Waals surface area contributed by atoms with Gasteiger partial charge in [0, 0.05) is 11.8 Å². The van der Waals surface area contributed by atoms with Crippen LogP contribution in [-0.4, -0.2) is 20.1 Å². The lowest BCUT2D eigenvalue weighted by molar-refractivity contribution is 1.04. The van der Waals surface area contributed by atoms with Crippen molar-refractivity contribution in [3.8, 4) is 0 Å². The average molecular weight is 278 g/mol. The standard InChI is InChI=1S/C11H14N6OS/c1-5-4-8(18)14-11(13-5)16-15-6(2)9-7(3)17-19-10(9)12/h4H,12H2,1-3H3,(H2,13,14,16,18)/b15-6-. The molecule has 0 fully saturated rings. The van der Waals surface area contributed by atoms with Gasteiger partial charge in [0.2, 0.25) is 5.95 Å². The zero-order chi connectivity index (χ0) is 14.0. The maximum absolute atomic E-state index is 11.3. The maximum Gasteiger partial charge on any atom is 0.252 e. The number of nitrogens with one attached hydrogen (secondary N) is 2. The van der Waals surface area contributed by atoms with Crippen LogP contribution in [0.4, 0.5) is 10.9 Å². The highest BCUT2D eigenvalue weighted by molar-refractivity contribution is 7.10. The molecule has 2 heterocycles. The molecule has 8 heteroatoms. The lowest BCUT2D eigenvalue weighted by Crippen LogP contribution is -2.11. The van der Waals surface area contributed by atoms with Gasteiger partial charge in [0.05, 0.1) is 17.0 Å². The lowest BCUT2D eigenvalue weighted by Gasteiger charge is -2.03. The second-order valence-electron chi connectivity index (χ2n) is 4.05. The molecule has 0 bridgehead atoms. The summed E-state index contributed by atoms with van der Waals surface area (Å²) in [7, 11) is 0. The fraction of sp³-hybridized carbons (Fsp3) is 0.273. The van der Waals surface area contributed by atoms with Gasteiger partial charge in [0.25, 0.3) is 5.56 Å². The minimum atomic E-state index is -0.226. The van der Waals surface area contributed by atoms with Crippen molar-refractivity contribution < 1.29 is 0 Å². The summed E-state index contributed by atoms with van der Waals surface area (Å²) >= 11 is 1.23. The SMILES string of the molecule is C/C(=N/Nc1nc(C)cc(=O)[nH]1)c1c(C)nsc1N. The van der Waals surface area contributed by atoms with Crippen molar-refractivity contribution in [2.24, 2.45) is 5.10 Å². The summed E-state index contributed by atoms with van der Waals surface area (Å²) in [6, 6.07) is 1.41. The molecule has 19 heavy (non-hydrogen) atoms. The number of nitrogens with zero attached hydrogens (tertiary/aromatic N) is 3. The Morgan fingerprint density at radius 1 is 1.53 bits per heavy atom. The summed E-state index contributed by atoms with van der Waals surface area (Å²) in [6.07, 6.45) is 0. The quantitative estimate of drug-likeness (QED) is 0.578. The van der Waals surface area contributed by atoms with E-state index in [1.54, 1.807) is 6.92 Å². The first-order chi connectivity index (χ1) is 8.97. The molecule has 100 valence electrons. The average Bonchev–Trinajstić information content (AvgIpc) is 2.65. The van der Waals surface area contributed by atoms with Gasteiger partial charge in [-0.15, -0.1) is 0 Å². The molecule has 0 aliphatic rings. The topological polar surface area (TPSA) is 109 Å². The minimum absolute atomic E-state index is 0.226. The third kappa shape index (κ3) is 2.97. The van der Waals surface area contributed by atoms with E-state index in [9.17, 15) is 4.79 Å². The number of hydrogen-bond donors (Lipinski definition) is 3. The smallest absolute Gasteiger partial charge is 0.252 e. The fourth-order valence-corrected chi connectivity index (χ4v) is 2.37. The molecule has 4 N–H and O–H groups in total. The highest BCUT2D eigenvalue weighted by Gasteiger charge is 2.10. The molecule has 2 aromatic rings. The predicted octanol–water partition coefficient (Wildman–Crippen LogP) is 1.26. The summed E-state index contributed by atoms with van der Waals surface area (Å²) < 4.78 is 4.16. The molecular formula is C11H14N6OS. The Bertz CT molecular complexity index is 667. The first kappa shape index (κ1) is 13.2. The Labute approximate surface area is 113 Å². The van der Waals surface area contributed by atoms with E-state index < -0.39 is 0 Å². The van der Waals surface area contributed by atoms with Crippen molar-refractivity contribution in [3.05, 3.63) is 33.4 Å². The van der Waals surface area contributed by atoms with Crippen LogP contribution in [0.5, 0.6) is 0 Å². The van der Waals surface area contributed by atoms with Gasteiger partial charge in [-0.2, -0.15) is 9.47 Å². The molecule has 0 spiro atoms. The highest BCUT2D eigenvalue weighted by atomic mass is 32.1. The number of nitrogens with two attached hydrogens (primary N) is 1. The molecule has 2 rings (SSSR count). The van der Waals surface area contributed by atoms with Crippen LogP contribution in [0.25, 0.3) is 0 Å². The zero-order valence-corrected chi connectivity index (χ0v) is 11.6. The first-order valence-electron chi connectivity index (χ1n) is 5.57. The Kier molecular flexibility index (Phi) is 3.61. The Morgan fingerprint density at radius 3 is 2.84 bits per heavy atom. The van der Waals surface area contributed by atoms with Crippen molar-refractivity contribution in [1.29, 1.82) is 0 Å². The first-order valence-corrected chi connectivity index (χ1v) is 6.35. The van der Waals surface area contributed by atoms with Gasteiger partial charge in [0.15, 0.2) is 0 Å². The molecule has 0 saturated heterocycles. The van der Waals surface area contributed by atoms with Crippen molar-refractivity contribution in [1.82, 2.24) is 14.3 Å². The van der Waals surface area contributed by atoms with Gasteiger partial charge in [-0.1, -0.05) is 0 Å². The molecule has 0 aliphatic carbocycles. The number of aryl methyl sites for hydroxylation is 2. The van der Waals surface area contributed by atoms with Gasteiger partial charge in [-0.3, -0.25) is 9.78 Å². The Hall–Kier alpha value is -2.22. The molecule has 0 amide bonds. The number of hydrazone groups is 1. The number of hydrogen-bond acceptors (Lipinski definition) is 7. The van der Waals surface area contributed by atoms with E-state index in [4.69, 9.17) is 5.73 Å². The number of anilines is 2. The summed E-state index contributed by atoms with van der Waals surface area (Å²) in [4.78, 5) is 17.9. The molecule has 0 atom stereocenters. The van der Waals surface area contributed by atoms with Gasteiger partial charge in [-0.25, -0.2) is 10.4 Å². The largest absolute Gasteiger partial charge is 0.389 e. The molecule has 2 aromatic heterocycles. The van der Waals surface area contributed by atoms with Crippen LogP contribution in [0.2, 0.25) is 0 Å². The van der Waals surface area contributed by atoms with Crippen LogP contribution in [0, 0.1) is 13.8 Å². The van der Waals surface area contributed by atoms with E-state index in [-0.39, 0.29) is 5.56 Å². The van der Waals surface area contributed by atoms with Crippen molar-refractivity contribution in [2.45, 2.75) is 20.8 Å². The molecule has 7 nitrogen and oxygen atoms in total. The fourth-order valence-electron chi connectivity index (χ4n) is 1.65. The summed E-state index contributed by atoms with van der Waals surface area (Å²) in [6.45, 7) is 5.42. The van der Waals surface area contributed by atoms with Crippen molar-refractivity contribution in [3.63, 3.8) is 0 Å². The number of rotatable bonds is 3. The third-order valence-electron chi connectivity index (χ3n) is 2.45. The Balaban J connectivity index is 2.25. The van der Waals surface area contributed by atoms with E-state index >= 15 is 0 Å². The maximum atomic E-state index is 11.3. The summed E-state index contributed by atoms with van der Waals surface area (Å²) in [5, 5.41) is 4.78. The predicted molar refractivity (Wildman–Crippen MR) is 76.7 cm³/mol. The van der Waals surface area contributed by atoms with E-state index in [1.165, 1.54) is 17.6 Å². The van der Waals surface area contributed by atoms with Gasteiger partial charge >= 0.3 is 0 Å². The van der Waals surface area contributed by atoms with Gasteiger partial charge in [-0.05, 0) is 32.3 Å². The van der Waals surface area contributed by atoms with Crippen molar-refractivity contribution in [2.75, 3.05) is 11.2 Å². The van der Waals surface area contributed by atoms with E-state index in [2.05, 4.69) is 24.9 Å². The van der Waals surface area contributed by atoms with Crippen LogP contribution < -0.4 is 16.7 Å². The number of H-pyrrole nitrogens is 1. The highest BCUT2D eigenvalue weighted by Crippen LogP contribution is 2.21. The molecule has 0 aliphatic heterocycles. The lowest BCUT2D eigenvalue weighted by atomic mass is 10.2. The second-order valence-corrected chi connectivity index (χ2v) is 4.86. The van der Waals surface area contributed by atoms with Crippen LogP contribution in [0.3, 0.4) is 0 Å². The monoisotopic (exact) mass is 278 g/mol. The van der Waals surface area contributed by atoms with E-state index in [0.717, 1.165) is 11.3 Å². The van der Waals surface area contributed by atoms with Crippen LogP contribution in [0.15, 0.2) is 16.0 Å². The van der Waals surface area contributed by atoms with Gasteiger partial charge < -0.3 is 5.73 Å². The van der Waals surface area contributed by atoms with Gasteiger partial charge in [0.1, 0.15) is 5.00 Å².